The molecule has 0 bridgehead atoms. The summed E-state index contributed by atoms with van der Waals surface area (Å²) in [6.07, 6.45) is 16.6. The fourth-order valence-electron chi connectivity index (χ4n) is 7.20. The number of rotatable bonds is 8. The number of carbonyl (C=O) groups excluding carboxylic acids is 1. The summed E-state index contributed by atoms with van der Waals surface area (Å²) in [7, 11) is 0. The molecule has 0 aromatic heterocycles. The Kier molecular flexibility index (Phi) is 8.85. The van der Waals surface area contributed by atoms with Gasteiger partial charge in [0.2, 0.25) is 0 Å². The summed E-state index contributed by atoms with van der Waals surface area (Å²) in [4.78, 5) is 11.5. The van der Waals surface area contributed by atoms with Crippen molar-refractivity contribution in [3.63, 3.8) is 0 Å². The second-order valence-electron chi connectivity index (χ2n) is 10.8. The van der Waals surface area contributed by atoms with Crippen LogP contribution in [0, 0.1) is 29.5 Å². The van der Waals surface area contributed by atoms with Gasteiger partial charge in [-0.05, 0) is 80.8 Å². The van der Waals surface area contributed by atoms with Crippen molar-refractivity contribution in [2.45, 2.75) is 103 Å². The molecule has 184 valence electrons. The first-order chi connectivity index (χ1) is 16.2. The number of carbonyl (C=O) groups is 1. The van der Waals surface area contributed by atoms with Gasteiger partial charge in [-0.15, -0.1) is 0 Å². The number of hydrogen-bond donors (Lipinski definition) is 0. The monoisotopic (exact) mass is 458 g/mol. The predicted octanol–water partition coefficient (Wildman–Crippen LogP) is 7.71. The van der Waals surface area contributed by atoms with E-state index in [9.17, 15) is 4.79 Å². The topological polar surface area (TPSA) is 35.5 Å². The molecule has 1 aromatic carbocycles. The zero-order valence-corrected chi connectivity index (χ0v) is 20.7. The van der Waals surface area contributed by atoms with E-state index in [1.165, 1.54) is 64.2 Å². The first kappa shape index (κ1) is 24.7. The summed E-state index contributed by atoms with van der Waals surface area (Å²) >= 11 is 0. The summed E-state index contributed by atoms with van der Waals surface area (Å²) in [6.45, 7) is 5.12. The van der Waals surface area contributed by atoms with E-state index in [4.69, 9.17) is 9.47 Å². The molecular weight excluding hydrogens is 415 g/mol. The third kappa shape index (κ3) is 5.63. The molecule has 4 heteroatoms. The summed E-state index contributed by atoms with van der Waals surface area (Å²) in [5.41, 5.74) is 0.649. The van der Waals surface area contributed by atoms with Crippen molar-refractivity contribution in [2.75, 3.05) is 13.2 Å². The minimum Gasteiger partial charge on any atom is -0.493 e. The van der Waals surface area contributed by atoms with E-state index in [1.54, 1.807) is 12.1 Å². The molecule has 1 aromatic rings. The molecular formula is C29H43FO3. The van der Waals surface area contributed by atoms with Crippen LogP contribution in [0.3, 0.4) is 0 Å². The van der Waals surface area contributed by atoms with Crippen LogP contribution < -0.4 is 4.74 Å². The van der Waals surface area contributed by atoms with Crippen molar-refractivity contribution in [3.8, 4) is 5.75 Å². The van der Waals surface area contributed by atoms with Crippen LogP contribution in [0.5, 0.6) is 5.75 Å². The fraction of sp³-hybridized carbons (Fsp3) is 0.759. The molecule has 4 atom stereocenters. The number of halogens is 1. The Hall–Kier alpha value is -1.42. The molecule has 4 rings (SSSR count). The number of benzene rings is 1. The molecule has 4 unspecified atom stereocenters. The second kappa shape index (κ2) is 11.8. The largest absolute Gasteiger partial charge is 0.493 e. The maximum absolute atomic E-state index is 15.1. The molecule has 0 N–H and O–H groups in total. The molecule has 0 radical (unpaired) electrons. The molecule has 1 aliphatic heterocycles. The number of hydrogen-bond acceptors (Lipinski definition) is 3. The molecule has 0 spiro atoms. The lowest BCUT2D eigenvalue weighted by Crippen LogP contribution is -2.40. The fourth-order valence-corrected chi connectivity index (χ4v) is 7.20. The van der Waals surface area contributed by atoms with E-state index >= 15 is 4.39 Å². The van der Waals surface area contributed by atoms with Gasteiger partial charge in [-0.3, -0.25) is 4.79 Å². The highest BCUT2D eigenvalue weighted by Crippen LogP contribution is 2.47. The minimum absolute atomic E-state index is 0.0159. The zero-order chi connectivity index (χ0) is 23.2. The summed E-state index contributed by atoms with van der Waals surface area (Å²) < 4.78 is 27.0. The van der Waals surface area contributed by atoms with E-state index in [1.807, 2.05) is 6.92 Å². The first-order valence-electron chi connectivity index (χ1n) is 13.7. The van der Waals surface area contributed by atoms with Crippen LogP contribution in [0.4, 0.5) is 4.39 Å². The zero-order valence-electron chi connectivity index (χ0n) is 20.7. The van der Waals surface area contributed by atoms with Gasteiger partial charge in [0.1, 0.15) is 11.6 Å². The summed E-state index contributed by atoms with van der Waals surface area (Å²) in [5.74, 6) is 3.24. The summed E-state index contributed by atoms with van der Waals surface area (Å²) in [5, 5.41) is 0. The lowest BCUT2D eigenvalue weighted by Gasteiger charge is -2.45. The third-order valence-corrected chi connectivity index (χ3v) is 8.88. The molecule has 3 fully saturated rings. The van der Waals surface area contributed by atoms with Crippen molar-refractivity contribution in [3.05, 3.63) is 29.1 Å². The number of ether oxygens (including phenoxy) is 2. The average Bonchev–Trinajstić information content (AvgIpc) is 2.85. The van der Waals surface area contributed by atoms with Gasteiger partial charge in [0, 0.05) is 5.92 Å². The van der Waals surface area contributed by atoms with Crippen LogP contribution in [0.25, 0.3) is 0 Å². The molecule has 0 amide bonds. The molecule has 2 aliphatic carbocycles. The van der Waals surface area contributed by atoms with Crippen LogP contribution in [-0.4, -0.2) is 25.6 Å². The summed E-state index contributed by atoms with van der Waals surface area (Å²) in [6, 6.07) is 3.53. The van der Waals surface area contributed by atoms with Crippen LogP contribution in [0.2, 0.25) is 0 Å². The molecule has 1 saturated heterocycles. The van der Waals surface area contributed by atoms with Crippen molar-refractivity contribution < 1.29 is 18.7 Å². The normalized spacial score (nSPS) is 32.9. The van der Waals surface area contributed by atoms with Crippen LogP contribution in [0.1, 0.15) is 113 Å². The Morgan fingerprint density at radius 3 is 2.39 bits per heavy atom. The maximum atomic E-state index is 15.1. The second-order valence-corrected chi connectivity index (χ2v) is 10.8. The van der Waals surface area contributed by atoms with Gasteiger partial charge in [0.05, 0.1) is 24.9 Å². The average molecular weight is 459 g/mol. The van der Waals surface area contributed by atoms with Crippen molar-refractivity contribution >= 4 is 6.29 Å². The lowest BCUT2D eigenvalue weighted by molar-refractivity contribution is -0.0697. The number of aldehydes is 1. The van der Waals surface area contributed by atoms with Gasteiger partial charge in [-0.2, -0.15) is 0 Å². The van der Waals surface area contributed by atoms with Crippen LogP contribution in [0.15, 0.2) is 12.1 Å². The Morgan fingerprint density at radius 1 is 1.00 bits per heavy atom. The van der Waals surface area contributed by atoms with E-state index in [0.717, 1.165) is 30.6 Å². The van der Waals surface area contributed by atoms with E-state index in [-0.39, 0.29) is 11.5 Å². The molecule has 1 heterocycles. The maximum Gasteiger partial charge on any atom is 0.156 e. The Bertz CT molecular complexity index is 762. The standard InChI is InChI=1S/C29H43FO3/c1-3-7-20-10-12-21(13-11-20)23-8-5-6-9-25(23)27-16-14-22(19-33-27)24-15-17-28(32-4-2)26(18-31)29(24)30/h15,17-18,20-23,25,27H,3-14,16,19H2,1-2H3. The van der Waals surface area contributed by atoms with Gasteiger partial charge in [-0.1, -0.05) is 51.5 Å². The van der Waals surface area contributed by atoms with Gasteiger partial charge in [-0.25, -0.2) is 4.39 Å². The van der Waals surface area contributed by atoms with Crippen LogP contribution in [-0.2, 0) is 4.74 Å². The van der Waals surface area contributed by atoms with Gasteiger partial charge in [0.25, 0.3) is 0 Å². The van der Waals surface area contributed by atoms with Gasteiger partial charge >= 0.3 is 0 Å². The van der Waals surface area contributed by atoms with Gasteiger partial charge in [0.15, 0.2) is 6.29 Å². The highest BCUT2D eigenvalue weighted by Gasteiger charge is 2.40. The van der Waals surface area contributed by atoms with Crippen molar-refractivity contribution in [2.24, 2.45) is 23.7 Å². The Morgan fingerprint density at radius 2 is 1.76 bits per heavy atom. The highest BCUT2D eigenvalue weighted by molar-refractivity contribution is 5.80. The molecule has 3 aliphatic rings. The molecule has 33 heavy (non-hydrogen) atoms. The van der Waals surface area contributed by atoms with Crippen LogP contribution >= 0.6 is 0 Å². The lowest BCUT2D eigenvalue weighted by atomic mass is 9.64. The van der Waals surface area contributed by atoms with Gasteiger partial charge < -0.3 is 9.47 Å². The highest BCUT2D eigenvalue weighted by atomic mass is 19.1. The van der Waals surface area contributed by atoms with E-state index in [2.05, 4.69) is 6.92 Å². The molecule has 3 nitrogen and oxygen atoms in total. The first-order valence-corrected chi connectivity index (χ1v) is 13.7. The van der Waals surface area contributed by atoms with Crippen molar-refractivity contribution in [1.82, 2.24) is 0 Å². The molecule has 2 saturated carbocycles. The minimum atomic E-state index is -0.428. The predicted molar refractivity (Wildman–Crippen MR) is 130 cm³/mol. The third-order valence-electron chi connectivity index (χ3n) is 8.88. The smallest absolute Gasteiger partial charge is 0.156 e. The SMILES string of the molecule is CCCC1CCC(C2CCCCC2C2CCC(c3ccc(OCC)c(C=O)c3F)CO2)CC1. The van der Waals surface area contributed by atoms with E-state index < -0.39 is 5.82 Å². The Labute approximate surface area is 199 Å². The quantitative estimate of drug-likeness (QED) is 0.374. The Balaban J connectivity index is 1.38. The van der Waals surface area contributed by atoms with E-state index in [0.29, 0.717) is 42.8 Å². The van der Waals surface area contributed by atoms with Crippen molar-refractivity contribution in [1.29, 1.82) is 0 Å².